The summed E-state index contributed by atoms with van der Waals surface area (Å²) < 4.78 is 25.4. The molecule has 1 aliphatic rings. The van der Waals surface area contributed by atoms with Gasteiger partial charge in [-0.25, -0.2) is 8.78 Å². The van der Waals surface area contributed by atoms with Crippen LogP contribution in [-0.2, 0) is 0 Å². The van der Waals surface area contributed by atoms with Gasteiger partial charge in [-0.15, -0.1) is 0 Å². The normalized spacial score (nSPS) is 37.8. The molecule has 0 aliphatic heterocycles. The molecule has 0 spiro atoms. The minimum Gasteiger partial charge on any atom is -0.206 e. The van der Waals surface area contributed by atoms with Crippen molar-refractivity contribution >= 4 is 0 Å². The molecule has 0 nitrogen and oxygen atoms in total. The fourth-order valence-electron chi connectivity index (χ4n) is 1.21. The molecule has 0 heterocycles. The molecule has 0 aromatic rings. The van der Waals surface area contributed by atoms with E-state index < -0.39 is 11.3 Å². The van der Waals surface area contributed by atoms with Crippen LogP contribution in [0.1, 0.15) is 34.1 Å². The minimum atomic E-state index is -2.41. The smallest absolute Gasteiger partial charge is 0.206 e. The number of halogens is 2. The van der Waals surface area contributed by atoms with Crippen molar-refractivity contribution in [3.8, 4) is 0 Å². The molecule has 0 radical (unpaired) electrons. The zero-order valence-electron chi connectivity index (χ0n) is 6.96. The number of hydrogen-bond acceptors (Lipinski definition) is 0. The van der Waals surface area contributed by atoms with E-state index in [1.165, 1.54) is 0 Å². The summed E-state index contributed by atoms with van der Waals surface area (Å²) >= 11 is 0. The fraction of sp³-hybridized carbons (Fsp3) is 1.00. The molecule has 0 unspecified atom stereocenters. The zero-order chi connectivity index (χ0) is 8.21. The van der Waals surface area contributed by atoms with E-state index in [1.54, 1.807) is 6.92 Å². The van der Waals surface area contributed by atoms with Gasteiger partial charge in [-0.05, 0) is 5.41 Å². The van der Waals surface area contributed by atoms with E-state index in [-0.39, 0.29) is 11.8 Å². The third kappa shape index (κ3) is 0.774. The molecule has 1 atom stereocenters. The maximum absolute atomic E-state index is 12.7. The second kappa shape index (κ2) is 1.54. The van der Waals surface area contributed by atoms with Crippen molar-refractivity contribution in [1.82, 2.24) is 0 Å². The topological polar surface area (TPSA) is 0 Å². The van der Waals surface area contributed by atoms with E-state index in [2.05, 4.69) is 0 Å². The van der Waals surface area contributed by atoms with Crippen molar-refractivity contribution in [3.05, 3.63) is 0 Å². The lowest BCUT2D eigenvalue weighted by atomic mass is 9.78. The van der Waals surface area contributed by atoms with Crippen LogP contribution in [0.3, 0.4) is 0 Å². The first-order valence-corrected chi connectivity index (χ1v) is 3.59. The molecule has 0 N–H and O–H groups in total. The van der Waals surface area contributed by atoms with Crippen LogP contribution in [0.5, 0.6) is 0 Å². The highest BCUT2D eigenvalue weighted by molar-refractivity contribution is 5.12. The highest BCUT2D eigenvalue weighted by Gasteiger charge is 2.72. The fourth-order valence-corrected chi connectivity index (χ4v) is 1.21. The van der Waals surface area contributed by atoms with Crippen LogP contribution in [0, 0.1) is 10.8 Å². The first-order chi connectivity index (χ1) is 4.21. The molecular formula is C8H14F2. The van der Waals surface area contributed by atoms with Gasteiger partial charge in [-0.1, -0.05) is 27.7 Å². The second-order valence-corrected chi connectivity index (χ2v) is 4.46. The predicted octanol–water partition coefficient (Wildman–Crippen LogP) is 3.08. The third-order valence-corrected chi connectivity index (χ3v) is 2.91. The van der Waals surface area contributed by atoms with Gasteiger partial charge in [0.25, 0.3) is 5.92 Å². The zero-order valence-corrected chi connectivity index (χ0v) is 6.96. The molecular weight excluding hydrogens is 134 g/mol. The molecule has 0 amide bonds. The Kier molecular flexibility index (Phi) is 1.23. The number of hydrogen-bond donors (Lipinski definition) is 0. The average Bonchev–Trinajstić information content (AvgIpc) is 2.05. The monoisotopic (exact) mass is 148 g/mol. The summed E-state index contributed by atoms with van der Waals surface area (Å²) in [6, 6.07) is 0. The summed E-state index contributed by atoms with van der Waals surface area (Å²) in [4.78, 5) is 0. The van der Waals surface area contributed by atoms with Crippen molar-refractivity contribution in [3.63, 3.8) is 0 Å². The van der Waals surface area contributed by atoms with Crippen molar-refractivity contribution < 1.29 is 8.78 Å². The molecule has 0 saturated heterocycles. The lowest BCUT2D eigenvalue weighted by Crippen LogP contribution is -2.24. The Balaban J connectivity index is 2.78. The van der Waals surface area contributed by atoms with Gasteiger partial charge >= 0.3 is 0 Å². The molecule has 1 fully saturated rings. The Morgan fingerprint density at radius 2 is 1.50 bits per heavy atom. The van der Waals surface area contributed by atoms with Crippen LogP contribution in [0.15, 0.2) is 0 Å². The summed E-state index contributed by atoms with van der Waals surface area (Å²) in [7, 11) is 0. The molecule has 1 aliphatic carbocycles. The maximum Gasteiger partial charge on any atom is 0.254 e. The summed E-state index contributed by atoms with van der Waals surface area (Å²) in [6.45, 7) is 7.27. The summed E-state index contributed by atoms with van der Waals surface area (Å²) in [5.74, 6) is -2.41. The molecule has 2 heteroatoms. The van der Waals surface area contributed by atoms with Gasteiger partial charge in [-0.2, -0.15) is 0 Å². The highest BCUT2D eigenvalue weighted by Crippen LogP contribution is 2.68. The highest BCUT2D eigenvalue weighted by atomic mass is 19.3. The minimum absolute atomic E-state index is 0.0590. The predicted molar refractivity (Wildman–Crippen MR) is 37.1 cm³/mol. The van der Waals surface area contributed by atoms with Crippen molar-refractivity contribution in [2.24, 2.45) is 10.8 Å². The molecule has 60 valence electrons. The van der Waals surface area contributed by atoms with Gasteiger partial charge < -0.3 is 0 Å². The van der Waals surface area contributed by atoms with Gasteiger partial charge in [-0.3, -0.25) is 0 Å². The first-order valence-electron chi connectivity index (χ1n) is 3.59. The Hall–Kier alpha value is -0.140. The van der Waals surface area contributed by atoms with Gasteiger partial charge in [0.1, 0.15) is 0 Å². The van der Waals surface area contributed by atoms with Crippen molar-refractivity contribution in [2.45, 2.75) is 40.0 Å². The van der Waals surface area contributed by atoms with E-state index in [4.69, 9.17) is 0 Å². The van der Waals surface area contributed by atoms with Crippen molar-refractivity contribution in [2.75, 3.05) is 0 Å². The third-order valence-electron chi connectivity index (χ3n) is 2.91. The van der Waals surface area contributed by atoms with E-state index in [0.29, 0.717) is 0 Å². The molecule has 0 bridgehead atoms. The Morgan fingerprint density at radius 3 is 1.50 bits per heavy atom. The lowest BCUT2D eigenvalue weighted by molar-refractivity contribution is 0.0243. The Labute approximate surface area is 60.6 Å². The summed E-state index contributed by atoms with van der Waals surface area (Å²) in [5.41, 5.74) is -1.02. The molecule has 0 aromatic carbocycles. The second-order valence-electron chi connectivity index (χ2n) is 4.46. The largest absolute Gasteiger partial charge is 0.254 e. The quantitative estimate of drug-likeness (QED) is 0.495. The van der Waals surface area contributed by atoms with Crippen LogP contribution in [-0.4, -0.2) is 5.92 Å². The Bertz CT molecular complexity index is 155. The van der Waals surface area contributed by atoms with Gasteiger partial charge in [0.15, 0.2) is 0 Å². The van der Waals surface area contributed by atoms with E-state index >= 15 is 0 Å². The lowest BCUT2D eigenvalue weighted by Gasteiger charge is -2.27. The maximum atomic E-state index is 12.7. The van der Waals surface area contributed by atoms with Crippen LogP contribution >= 0.6 is 0 Å². The van der Waals surface area contributed by atoms with Crippen LogP contribution in [0.25, 0.3) is 0 Å². The van der Waals surface area contributed by atoms with Gasteiger partial charge in [0, 0.05) is 11.8 Å². The standard InChI is InChI=1S/C8H14F2/c1-6(2,3)7(4)5-8(7,9)10/h5H2,1-4H3/t7-/m1/s1. The van der Waals surface area contributed by atoms with E-state index in [1.807, 2.05) is 20.8 Å². The summed E-state index contributed by atoms with van der Waals surface area (Å²) in [5, 5.41) is 0. The number of rotatable bonds is 0. The molecule has 0 aromatic heterocycles. The summed E-state index contributed by atoms with van der Waals surface area (Å²) in [6.07, 6.45) is 0.0590. The van der Waals surface area contributed by atoms with Crippen LogP contribution in [0.4, 0.5) is 8.78 Å². The molecule has 1 rings (SSSR count). The number of alkyl halides is 2. The average molecular weight is 148 g/mol. The molecule has 1 saturated carbocycles. The first kappa shape index (κ1) is 7.96. The van der Waals surface area contributed by atoms with Crippen molar-refractivity contribution in [1.29, 1.82) is 0 Å². The van der Waals surface area contributed by atoms with E-state index in [0.717, 1.165) is 0 Å². The van der Waals surface area contributed by atoms with E-state index in [9.17, 15) is 8.78 Å². The molecule has 10 heavy (non-hydrogen) atoms. The SMILES string of the molecule is CC(C)(C)[C@@]1(C)CC1(F)F. The van der Waals surface area contributed by atoms with Crippen LogP contribution in [0.2, 0.25) is 0 Å². The van der Waals surface area contributed by atoms with Gasteiger partial charge in [0.2, 0.25) is 0 Å². The Morgan fingerprint density at radius 1 is 1.20 bits per heavy atom. The van der Waals surface area contributed by atoms with Gasteiger partial charge in [0.05, 0.1) is 0 Å². The van der Waals surface area contributed by atoms with Crippen LogP contribution < -0.4 is 0 Å².